The molecule has 1 aromatic rings. The molecule has 110 valence electrons. The molecule has 0 heterocycles. The molecule has 0 radical (unpaired) electrons. The average Bonchev–Trinajstić information content (AvgIpc) is 3.16. The predicted molar refractivity (Wildman–Crippen MR) is 79.2 cm³/mol. The number of carbonyl (C=O) groups is 1. The van der Waals surface area contributed by atoms with Gasteiger partial charge in [-0.1, -0.05) is 31.5 Å². The van der Waals surface area contributed by atoms with Crippen LogP contribution in [-0.2, 0) is 4.79 Å². The van der Waals surface area contributed by atoms with Crippen LogP contribution in [0.3, 0.4) is 0 Å². The molecule has 1 aliphatic rings. The summed E-state index contributed by atoms with van der Waals surface area (Å²) in [7, 11) is 0. The monoisotopic (exact) mass is 276 g/mol. The van der Waals surface area contributed by atoms with Crippen molar-refractivity contribution in [2.75, 3.05) is 6.61 Å². The molecule has 3 heteroatoms. The molecular formula is C17H24O3. The van der Waals surface area contributed by atoms with Crippen molar-refractivity contribution < 1.29 is 14.6 Å². The quantitative estimate of drug-likeness (QED) is 0.818. The van der Waals surface area contributed by atoms with Crippen LogP contribution in [0.25, 0.3) is 0 Å². The standard InChI is InChI=1S/C17H24O3/c1-4-7-20-16-6-5-11(2)8-14(16)12(3)9-13-10-15(13)17(18)19/h5-6,8,12-13,15H,4,7,9-10H2,1-3H3,(H,18,19). The van der Waals surface area contributed by atoms with Gasteiger partial charge in [-0.3, -0.25) is 4.79 Å². The predicted octanol–water partition coefficient (Wildman–Crippen LogP) is 4.00. The number of carboxylic acid groups (broad SMARTS) is 1. The van der Waals surface area contributed by atoms with Gasteiger partial charge in [-0.05, 0) is 49.7 Å². The number of aliphatic carboxylic acids is 1. The first-order valence-corrected chi connectivity index (χ1v) is 7.49. The van der Waals surface area contributed by atoms with Gasteiger partial charge in [0.1, 0.15) is 5.75 Å². The van der Waals surface area contributed by atoms with Crippen molar-refractivity contribution >= 4 is 5.97 Å². The van der Waals surface area contributed by atoms with Crippen molar-refractivity contribution in [2.45, 2.75) is 46.0 Å². The van der Waals surface area contributed by atoms with E-state index in [1.165, 1.54) is 11.1 Å². The zero-order valence-electron chi connectivity index (χ0n) is 12.6. The lowest BCUT2D eigenvalue weighted by Gasteiger charge is -2.17. The van der Waals surface area contributed by atoms with E-state index < -0.39 is 5.97 Å². The molecular weight excluding hydrogens is 252 g/mol. The average molecular weight is 276 g/mol. The van der Waals surface area contributed by atoms with Crippen molar-refractivity contribution in [3.63, 3.8) is 0 Å². The number of hydrogen-bond acceptors (Lipinski definition) is 2. The van der Waals surface area contributed by atoms with Gasteiger partial charge in [0.25, 0.3) is 0 Å². The van der Waals surface area contributed by atoms with Gasteiger partial charge in [-0.25, -0.2) is 0 Å². The first kappa shape index (κ1) is 14.9. The van der Waals surface area contributed by atoms with Crippen molar-refractivity contribution in [1.29, 1.82) is 0 Å². The minimum Gasteiger partial charge on any atom is -0.493 e. The van der Waals surface area contributed by atoms with Gasteiger partial charge in [0.05, 0.1) is 12.5 Å². The summed E-state index contributed by atoms with van der Waals surface area (Å²) in [5.74, 6) is 0.867. The molecule has 0 saturated heterocycles. The lowest BCUT2D eigenvalue weighted by atomic mass is 9.92. The van der Waals surface area contributed by atoms with Crippen LogP contribution >= 0.6 is 0 Å². The van der Waals surface area contributed by atoms with Crippen LogP contribution < -0.4 is 4.74 Å². The highest BCUT2D eigenvalue weighted by Crippen LogP contribution is 2.46. The fourth-order valence-electron chi connectivity index (χ4n) is 2.79. The Bertz CT molecular complexity index is 481. The lowest BCUT2D eigenvalue weighted by Crippen LogP contribution is -2.05. The number of hydrogen-bond donors (Lipinski definition) is 1. The van der Waals surface area contributed by atoms with E-state index in [0.717, 1.165) is 31.6 Å². The molecule has 0 amide bonds. The Hall–Kier alpha value is -1.51. The number of aryl methyl sites for hydroxylation is 1. The molecule has 3 atom stereocenters. The summed E-state index contributed by atoms with van der Waals surface area (Å²) in [6, 6.07) is 6.28. The van der Waals surface area contributed by atoms with Gasteiger partial charge >= 0.3 is 5.97 Å². The second-order valence-corrected chi connectivity index (χ2v) is 5.97. The van der Waals surface area contributed by atoms with E-state index in [-0.39, 0.29) is 5.92 Å². The molecule has 1 saturated carbocycles. The smallest absolute Gasteiger partial charge is 0.306 e. The zero-order chi connectivity index (χ0) is 14.7. The Morgan fingerprint density at radius 3 is 2.85 bits per heavy atom. The van der Waals surface area contributed by atoms with Gasteiger partial charge in [-0.2, -0.15) is 0 Å². The maximum absolute atomic E-state index is 10.9. The third-order valence-electron chi connectivity index (χ3n) is 4.05. The highest BCUT2D eigenvalue weighted by Gasteiger charge is 2.43. The Morgan fingerprint density at radius 2 is 2.25 bits per heavy atom. The number of ether oxygens (including phenoxy) is 1. The molecule has 2 rings (SSSR count). The third-order valence-corrected chi connectivity index (χ3v) is 4.05. The summed E-state index contributed by atoms with van der Waals surface area (Å²) >= 11 is 0. The number of carboxylic acids is 1. The summed E-state index contributed by atoms with van der Waals surface area (Å²) in [5.41, 5.74) is 2.44. The highest BCUT2D eigenvalue weighted by molar-refractivity contribution is 5.73. The number of rotatable bonds is 7. The summed E-state index contributed by atoms with van der Waals surface area (Å²) in [6.07, 6.45) is 2.75. The molecule has 3 nitrogen and oxygen atoms in total. The molecule has 3 unspecified atom stereocenters. The molecule has 20 heavy (non-hydrogen) atoms. The zero-order valence-corrected chi connectivity index (χ0v) is 12.6. The fraction of sp³-hybridized carbons (Fsp3) is 0.588. The summed E-state index contributed by atoms with van der Waals surface area (Å²) in [5, 5.41) is 9.00. The van der Waals surface area contributed by atoms with E-state index in [2.05, 4.69) is 32.9 Å². The van der Waals surface area contributed by atoms with Crippen LogP contribution in [0.15, 0.2) is 18.2 Å². The summed E-state index contributed by atoms with van der Waals surface area (Å²) in [6.45, 7) is 7.07. The van der Waals surface area contributed by atoms with E-state index in [0.29, 0.717) is 11.8 Å². The lowest BCUT2D eigenvalue weighted by molar-refractivity contribution is -0.138. The maximum Gasteiger partial charge on any atom is 0.306 e. The van der Waals surface area contributed by atoms with Crippen LogP contribution in [0.4, 0.5) is 0 Å². The normalized spacial score (nSPS) is 22.4. The Morgan fingerprint density at radius 1 is 1.50 bits per heavy atom. The SMILES string of the molecule is CCCOc1ccc(C)cc1C(C)CC1CC1C(=O)O. The molecule has 1 aromatic carbocycles. The minimum atomic E-state index is -0.645. The van der Waals surface area contributed by atoms with Crippen LogP contribution in [0.1, 0.15) is 50.2 Å². The van der Waals surface area contributed by atoms with Crippen molar-refractivity contribution in [2.24, 2.45) is 11.8 Å². The van der Waals surface area contributed by atoms with E-state index in [9.17, 15) is 4.79 Å². The van der Waals surface area contributed by atoms with Crippen molar-refractivity contribution in [3.05, 3.63) is 29.3 Å². The minimum absolute atomic E-state index is 0.123. The van der Waals surface area contributed by atoms with E-state index in [4.69, 9.17) is 9.84 Å². The topological polar surface area (TPSA) is 46.5 Å². The number of benzene rings is 1. The maximum atomic E-state index is 10.9. The first-order chi connectivity index (χ1) is 9.52. The van der Waals surface area contributed by atoms with E-state index in [1.807, 2.05) is 6.07 Å². The molecule has 0 aromatic heterocycles. The molecule has 1 N–H and O–H groups in total. The van der Waals surface area contributed by atoms with E-state index in [1.54, 1.807) is 0 Å². The van der Waals surface area contributed by atoms with Crippen LogP contribution in [0.2, 0.25) is 0 Å². The highest BCUT2D eigenvalue weighted by atomic mass is 16.5. The second-order valence-electron chi connectivity index (χ2n) is 5.97. The van der Waals surface area contributed by atoms with Crippen LogP contribution in [-0.4, -0.2) is 17.7 Å². The largest absolute Gasteiger partial charge is 0.493 e. The van der Waals surface area contributed by atoms with Crippen LogP contribution in [0, 0.1) is 18.8 Å². The fourth-order valence-corrected chi connectivity index (χ4v) is 2.79. The third kappa shape index (κ3) is 3.53. The Balaban J connectivity index is 2.06. The second kappa shape index (κ2) is 6.29. The Kier molecular flexibility index (Phi) is 4.69. The Labute approximate surface area is 121 Å². The molecule has 0 aliphatic heterocycles. The summed E-state index contributed by atoms with van der Waals surface area (Å²) in [4.78, 5) is 10.9. The van der Waals surface area contributed by atoms with E-state index >= 15 is 0 Å². The van der Waals surface area contributed by atoms with Gasteiger partial charge in [0, 0.05) is 0 Å². The molecule has 1 aliphatic carbocycles. The van der Waals surface area contributed by atoms with Gasteiger partial charge in [-0.15, -0.1) is 0 Å². The van der Waals surface area contributed by atoms with Crippen molar-refractivity contribution in [3.8, 4) is 5.75 Å². The van der Waals surface area contributed by atoms with Crippen molar-refractivity contribution in [1.82, 2.24) is 0 Å². The van der Waals surface area contributed by atoms with Gasteiger partial charge in [0.2, 0.25) is 0 Å². The summed E-state index contributed by atoms with van der Waals surface area (Å²) < 4.78 is 5.82. The molecule has 0 bridgehead atoms. The van der Waals surface area contributed by atoms with Crippen LogP contribution in [0.5, 0.6) is 5.75 Å². The molecule has 1 fully saturated rings. The van der Waals surface area contributed by atoms with Gasteiger partial charge in [0.15, 0.2) is 0 Å². The van der Waals surface area contributed by atoms with Gasteiger partial charge < -0.3 is 9.84 Å². The first-order valence-electron chi connectivity index (χ1n) is 7.49. The molecule has 0 spiro atoms.